The van der Waals surface area contributed by atoms with Gasteiger partial charge in [-0.05, 0) is 6.54 Å². The van der Waals surface area contributed by atoms with Crippen LogP contribution < -0.4 is 11.3 Å². The molecule has 0 atom stereocenters. The highest BCUT2D eigenvalue weighted by Crippen LogP contribution is 2.07. The molecule has 1 heterocycles. The van der Waals surface area contributed by atoms with Crippen LogP contribution in [0, 0.1) is 10.1 Å². The first kappa shape index (κ1) is 9.40. The molecule has 0 unspecified atom stereocenters. The van der Waals surface area contributed by atoms with E-state index in [1.165, 1.54) is 6.07 Å². The lowest BCUT2D eigenvalue weighted by molar-refractivity contribution is -0.385. The van der Waals surface area contributed by atoms with Crippen LogP contribution >= 0.6 is 0 Å². The Morgan fingerprint density at radius 2 is 2.23 bits per heavy atom. The lowest BCUT2D eigenvalue weighted by Gasteiger charge is -1.97. The van der Waals surface area contributed by atoms with Gasteiger partial charge in [-0.2, -0.15) is 0 Å². The molecule has 1 aromatic rings. The van der Waals surface area contributed by atoms with E-state index in [0.717, 1.165) is 6.07 Å². The molecule has 0 aliphatic rings. The summed E-state index contributed by atoms with van der Waals surface area (Å²) >= 11 is 0. The smallest absolute Gasteiger partial charge is 0.276 e. The third kappa shape index (κ3) is 2.38. The minimum atomic E-state index is -0.602. The molecule has 3 N–H and O–H groups in total. The lowest BCUT2D eigenvalue weighted by Crippen LogP contribution is -2.12. The number of aromatic amines is 1. The number of nitrogens with one attached hydrogen (secondary N) is 1. The summed E-state index contributed by atoms with van der Waals surface area (Å²) < 4.78 is 0. The first-order valence-corrected chi connectivity index (χ1v) is 3.71. The van der Waals surface area contributed by atoms with Crippen molar-refractivity contribution in [2.45, 2.75) is 6.42 Å². The molecule has 0 fully saturated rings. The van der Waals surface area contributed by atoms with Gasteiger partial charge in [-0.25, -0.2) is 0 Å². The quantitative estimate of drug-likeness (QED) is 0.499. The molecule has 0 aliphatic heterocycles. The van der Waals surface area contributed by atoms with E-state index in [2.05, 4.69) is 4.98 Å². The van der Waals surface area contributed by atoms with Crippen molar-refractivity contribution in [3.05, 3.63) is 38.3 Å². The van der Waals surface area contributed by atoms with E-state index in [9.17, 15) is 14.9 Å². The molecule has 1 aromatic heterocycles. The van der Waals surface area contributed by atoms with Crippen molar-refractivity contribution in [2.75, 3.05) is 6.54 Å². The number of hydrogen-bond acceptors (Lipinski definition) is 4. The molecular weight excluding hydrogens is 174 g/mol. The van der Waals surface area contributed by atoms with Crippen LogP contribution in [0.15, 0.2) is 16.9 Å². The van der Waals surface area contributed by atoms with Crippen LogP contribution in [0.1, 0.15) is 5.69 Å². The molecule has 6 heteroatoms. The minimum absolute atomic E-state index is 0.202. The second-order valence-corrected chi connectivity index (χ2v) is 2.52. The molecule has 13 heavy (non-hydrogen) atoms. The average molecular weight is 183 g/mol. The summed E-state index contributed by atoms with van der Waals surface area (Å²) in [7, 11) is 0. The summed E-state index contributed by atoms with van der Waals surface area (Å²) in [5, 5.41) is 10.3. The Kier molecular flexibility index (Phi) is 2.76. The zero-order chi connectivity index (χ0) is 9.84. The molecule has 0 aliphatic carbocycles. The summed E-state index contributed by atoms with van der Waals surface area (Å²) in [6.07, 6.45) is 0.428. The van der Waals surface area contributed by atoms with Gasteiger partial charge in [0.05, 0.1) is 11.0 Å². The number of nitrogens with zero attached hydrogens (tertiary/aromatic N) is 1. The largest absolute Gasteiger partial charge is 0.330 e. The zero-order valence-electron chi connectivity index (χ0n) is 6.82. The molecule has 70 valence electrons. The van der Waals surface area contributed by atoms with E-state index in [1.54, 1.807) is 0 Å². The maximum Gasteiger partial charge on any atom is 0.276 e. The van der Waals surface area contributed by atoms with Crippen LogP contribution in [0.4, 0.5) is 5.69 Å². The first-order valence-electron chi connectivity index (χ1n) is 3.71. The van der Waals surface area contributed by atoms with Gasteiger partial charge in [0.1, 0.15) is 0 Å². The number of nitrogens with two attached hydrogens (primary N) is 1. The highest BCUT2D eigenvalue weighted by atomic mass is 16.6. The first-order chi connectivity index (χ1) is 6.13. The fourth-order valence-corrected chi connectivity index (χ4v) is 0.980. The summed E-state index contributed by atoms with van der Waals surface area (Å²) in [5.74, 6) is 0. The van der Waals surface area contributed by atoms with Crippen molar-refractivity contribution in [2.24, 2.45) is 5.73 Å². The van der Waals surface area contributed by atoms with E-state index in [-0.39, 0.29) is 5.69 Å². The number of rotatable bonds is 3. The molecule has 0 bridgehead atoms. The van der Waals surface area contributed by atoms with Crippen LogP contribution in [-0.2, 0) is 6.42 Å². The minimum Gasteiger partial charge on any atom is -0.330 e. The zero-order valence-corrected chi connectivity index (χ0v) is 6.82. The third-order valence-electron chi connectivity index (χ3n) is 1.51. The second-order valence-electron chi connectivity index (χ2n) is 2.52. The monoisotopic (exact) mass is 183 g/mol. The van der Waals surface area contributed by atoms with Gasteiger partial charge in [-0.1, -0.05) is 0 Å². The van der Waals surface area contributed by atoms with Crippen LogP contribution in [-0.4, -0.2) is 16.5 Å². The van der Waals surface area contributed by atoms with Gasteiger partial charge in [0.25, 0.3) is 11.2 Å². The van der Waals surface area contributed by atoms with Gasteiger partial charge in [0, 0.05) is 18.2 Å². The maximum atomic E-state index is 10.9. The standard InChI is InChI=1S/C7H9N3O3/c8-2-1-5-3-6(10(12)13)4-7(11)9-5/h3-4H,1-2,8H2,(H,9,11). The molecular formula is C7H9N3O3. The SMILES string of the molecule is NCCc1cc([N+](=O)[O-])cc(=O)[nH]1. The Morgan fingerprint density at radius 1 is 1.54 bits per heavy atom. The number of hydrogen-bond donors (Lipinski definition) is 2. The predicted molar refractivity (Wildman–Crippen MR) is 46.5 cm³/mol. The van der Waals surface area contributed by atoms with Crippen molar-refractivity contribution < 1.29 is 4.92 Å². The van der Waals surface area contributed by atoms with E-state index in [1.807, 2.05) is 0 Å². The fraction of sp³-hybridized carbons (Fsp3) is 0.286. The van der Waals surface area contributed by atoms with Crippen LogP contribution in [0.25, 0.3) is 0 Å². The summed E-state index contributed by atoms with van der Waals surface area (Å²) in [6, 6.07) is 2.26. The van der Waals surface area contributed by atoms with Crippen molar-refractivity contribution in [3.8, 4) is 0 Å². The van der Waals surface area contributed by atoms with Gasteiger partial charge >= 0.3 is 0 Å². The Labute approximate surface area is 73.5 Å². The molecule has 0 spiro atoms. The van der Waals surface area contributed by atoms with Crippen molar-refractivity contribution in [3.63, 3.8) is 0 Å². The number of aromatic nitrogens is 1. The van der Waals surface area contributed by atoms with Crippen molar-refractivity contribution >= 4 is 5.69 Å². The maximum absolute atomic E-state index is 10.9. The Bertz CT molecular complexity index is 371. The van der Waals surface area contributed by atoms with E-state index < -0.39 is 10.5 Å². The molecule has 0 saturated heterocycles. The van der Waals surface area contributed by atoms with Crippen LogP contribution in [0.2, 0.25) is 0 Å². The normalized spacial score (nSPS) is 9.92. The average Bonchev–Trinajstić information content (AvgIpc) is 2.03. The van der Waals surface area contributed by atoms with Gasteiger partial charge in [0.2, 0.25) is 0 Å². The van der Waals surface area contributed by atoms with Gasteiger partial charge in [0.15, 0.2) is 0 Å². The Balaban J connectivity index is 3.11. The van der Waals surface area contributed by atoms with Crippen molar-refractivity contribution in [1.29, 1.82) is 0 Å². The van der Waals surface area contributed by atoms with E-state index >= 15 is 0 Å². The highest BCUT2D eigenvalue weighted by molar-refractivity contribution is 5.29. The summed E-state index contributed by atoms with van der Waals surface area (Å²) in [6.45, 7) is 0.344. The van der Waals surface area contributed by atoms with Gasteiger partial charge in [-0.15, -0.1) is 0 Å². The van der Waals surface area contributed by atoms with Gasteiger partial charge in [-0.3, -0.25) is 14.9 Å². The Morgan fingerprint density at radius 3 is 2.77 bits per heavy atom. The number of pyridine rings is 1. The number of H-pyrrole nitrogens is 1. The third-order valence-corrected chi connectivity index (χ3v) is 1.51. The molecule has 1 rings (SSSR count). The van der Waals surface area contributed by atoms with Crippen LogP contribution in [0.3, 0.4) is 0 Å². The predicted octanol–water partition coefficient (Wildman–Crippen LogP) is -0.216. The van der Waals surface area contributed by atoms with Gasteiger partial charge < -0.3 is 10.7 Å². The fourth-order valence-electron chi connectivity index (χ4n) is 0.980. The topological polar surface area (TPSA) is 102 Å². The summed E-state index contributed by atoms with van der Waals surface area (Å²) in [4.78, 5) is 23.1. The van der Waals surface area contributed by atoms with E-state index in [4.69, 9.17) is 5.73 Å². The molecule has 0 radical (unpaired) electrons. The van der Waals surface area contributed by atoms with E-state index in [0.29, 0.717) is 18.7 Å². The molecule has 0 aromatic carbocycles. The van der Waals surface area contributed by atoms with Crippen LogP contribution in [0.5, 0.6) is 0 Å². The second kappa shape index (κ2) is 3.81. The Hall–Kier alpha value is -1.69. The molecule has 6 nitrogen and oxygen atoms in total. The summed E-state index contributed by atoms with van der Waals surface area (Å²) in [5.41, 5.74) is 5.06. The molecule has 0 saturated carbocycles. The lowest BCUT2D eigenvalue weighted by atomic mass is 10.2. The van der Waals surface area contributed by atoms with Crippen molar-refractivity contribution in [1.82, 2.24) is 4.98 Å². The number of nitro groups is 1. The highest BCUT2D eigenvalue weighted by Gasteiger charge is 2.07. The molecule has 0 amide bonds.